The maximum Gasteiger partial charge on any atom is 0.0900 e. The highest BCUT2D eigenvalue weighted by atomic mass is 32.1. The fraction of sp³-hybridized carbons (Fsp3) is 0.562. The summed E-state index contributed by atoms with van der Waals surface area (Å²) in [6.07, 6.45) is 0. The van der Waals surface area contributed by atoms with Crippen molar-refractivity contribution in [2.75, 3.05) is 0 Å². The summed E-state index contributed by atoms with van der Waals surface area (Å²) in [5.41, 5.74) is 5.28. The first-order valence-corrected chi connectivity index (χ1v) is 8.08. The van der Waals surface area contributed by atoms with E-state index in [1.165, 1.54) is 21.8 Å². The third-order valence-corrected chi connectivity index (χ3v) is 5.18. The van der Waals surface area contributed by atoms with Crippen LogP contribution in [-0.2, 0) is 13.1 Å². The topological polar surface area (TPSA) is 29.9 Å². The van der Waals surface area contributed by atoms with Gasteiger partial charge >= 0.3 is 0 Å². The van der Waals surface area contributed by atoms with Gasteiger partial charge in [0.1, 0.15) is 0 Å². The molecule has 2 aromatic heterocycles. The molecule has 1 unspecified atom stereocenters. The Kier molecular flexibility index (Phi) is 4.66. The maximum atomic E-state index is 4.51. The Morgan fingerprint density at radius 2 is 2.00 bits per heavy atom. The Hall–Kier alpha value is -1.13. The summed E-state index contributed by atoms with van der Waals surface area (Å²) in [7, 11) is 0. The lowest BCUT2D eigenvalue weighted by Crippen LogP contribution is -2.18. The van der Waals surface area contributed by atoms with Gasteiger partial charge in [-0.1, -0.05) is 0 Å². The van der Waals surface area contributed by atoms with Gasteiger partial charge in [0, 0.05) is 35.4 Å². The molecule has 0 bridgehead atoms. The lowest BCUT2D eigenvalue weighted by molar-refractivity contribution is 0.576. The van der Waals surface area contributed by atoms with E-state index in [2.05, 4.69) is 62.5 Å². The summed E-state index contributed by atoms with van der Waals surface area (Å²) in [6.45, 7) is 14.9. The van der Waals surface area contributed by atoms with Crippen LogP contribution >= 0.6 is 11.3 Å². The minimum absolute atomic E-state index is 0.353. The lowest BCUT2D eigenvalue weighted by atomic mass is 10.2. The molecular formula is C16H25N3S. The van der Waals surface area contributed by atoms with Gasteiger partial charge in [-0.15, -0.1) is 11.3 Å². The van der Waals surface area contributed by atoms with E-state index in [1.807, 2.05) is 0 Å². The van der Waals surface area contributed by atoms with E-state index in [-0.39, 0.29) is 0 Å². The van der Waals surface area contributed by atoms with Crippen molar-refractivity contribution in [2.45, 2.75) is 60.7 Å². The number of aromatic nitrogens is 2. The van der Waals surface area contributed by atoms with Crippen LogP contribution in [0.15, 0.2) is 6.07 Å². The van der Waals surface area contributed by atoms with Gasteiger partial charge in [-0.25, -0.2) is 4.98 Å². The summed E-state index contributed by atoms with van der Waals surface area (Å²) in [5, 5.41) is 4.78. The van der Waals surface area contributed by atoms with Crippen molar-refractivity contribution < 1.29 is 0 Å². The molecule has 2 heterocycles. The van der Waals surface area contributed by atoms with E-state index in [9.17, 15) is 0 Å². The van der Waals surface area contributed by atoms with E-state index in [1.54, 1.807) is 11.3 Å². The fourth-order valence-corrected chi connectivity index (χ4v) is 3.80. The van der Waals surface area contributed by atoms with Crippen LogP contribution in [0.3, 0.4) is 0 Å². The van der Waals surface area contributed by atoms with Crippen molar-refractivity contribution in [1.29, 1.82) is 0 Å². The molecule has 1 atom stereocenters. The minimum Gasteiger partial charge on any atom is -0.349 e. The number of nitrogens with zero attached hydrogens (tertiary/aromatic N) is 2. The molecule has 0 radical (unpaired) electrons. The van der Waals surface area contributed by atoms with E-state index in [0.717, 1.165) is 23.8 Å². The van der Waals surface area contributed by atoms with Gasteiger partial charge < -0.3 is 9.88 Å². The first-order valence-electron chi connectivity index (χ1n) is 7.27. The van der Waals surface area contributed by atoms with Crippen molar-refractivity contribution >= 4 is 11.3 Å². The van der Waals surface area contributed by atoms with Crippen molar-refractivity contribution in [2.24, 2.45) is 0 Å². The molecular weight excluding hydrogens is 266 g/mol. The highest BCUT2D eigenvalue weighted by molar-refractivity contribution is 7.11. The third-order valence-electron chi connectivity index (χ3n) is 3.93. The second-order valence-electron chi connectivity index (χ2n) is 5.43. The molecule has 0 amide bonds. The van der Waals surface area contributed by atoms with Gasteiger partial charge in [0.2, 0.25) is 0 Å². The molecule has 4 heteroatoms. The zero-order valence-corrected chi connectivity index (χ0v) is 14.2. The van der Waals surface area contributed by atoms with E-state index >= 15 is 0 Å². The average molecular weight is 291 g/mol. The van der Waals surface area contributed by atoms with Crippen LogP contribution in [0.25, 0.3) is 0 Å². The smallest absolute Gasteiger partial charge is 0.0900 e. The average Bonchev–Trinajstić information content (AvgIpc) is 2.86. The molecule has 0 aromatic carbocycles. The monoisotopic (exact) mass is 291 g/mol. The normalized spacial score (nSPS) is 12.9. The fourth-order valence-electron chi connectivity index (χ4n) is 2.84. The second-order valence-corrected chi connectivity index (χ2v) is 6.66. The molecule has 0 aliphatic carbocycles. The first kappa shape index (κ1) is 15.3. The SMILES string of the molecule is CCn1c(C)cc(CNC(C)c2sc(C)nc2C)c1C. The Bertz CT molecular complexity index is 595. The van der Waals surface area contributed by atoms with Crippen molar-refractivity contribution in [3.05, 3.63) is 38.6 Å². The van der Waals surface area contributed by atoms with Crippen LogP contribution in [0.1, 0.15) is 52.4 Å². The summed E-state index contributed by atoms with van der Waals surface area (Å²) in [4.78, 5) is 5.86. The molecule has 0 aliphatic rings. The van der Waals surface area contributed by atoms with Gasteiger partial charge in [-0.3, -0.25) is 0 Å². The maximum absolute atomic E-state index is 4.51. The van der Waals surface area contributed by atoms with Crippen LogP contribution in [-0.4, -0.2) is 9.55 Å². The van der Waals surface area contributed by atoms with Crippen molar-refractivity contribution in [3.63, 3.8) is 0 Å². The van der Waals surface area contributed by atoms with Crippen molar-refractivity contribution in [1.82, 2.24) is 14.9 Å². The first-order chi connectivity index (χ1) is 9.43. The highest BCUT2D eigenvalue weighted by Gasteiger charge is 2.14. The van der Waals surface area contributed by atoms with Gasteiger partial charge in [0.25, 0.3) is 0 Å². The molecule has 2 rings (SSSR count). The van der Waals surface area contributed by atoms with Gasteiger partial charge in [0.15, 0.2) is 0 Å². The molecule has 20 heavy (non-hydrogen) atoms. The predicted molar refractivity (Wildman–Crippen MR) is 86.4 cm³/mol. The van der Waals surface area contributed by atoms with Crippen LogP contribution in [0, 0.1) is 27.7 Å². The Labute approximate surface area is 126 Å². The molecule has 110 valence electrons. The quantitative estimate of drug-likeness (QED) is 0.900. The van der Waals surface area contributed by atoms with Crippen LogP contribution in [0.2, 0.25) is 0 Å². The summed E-state index contributed by atoms with van der Waals surface area (Å²) in [5.74, 6) is 0. The van der Waals surface area contributed by atoms with E-state index in [0.29, 0.717) is 6.04 Å². The third kappa shape index (κ3) is 2.96. The largest absolute Gasteiger partial charge is 0.349 e. The second kappa shape index (κ2) is 6.10. The number of hydrogen-bond donors (Lipinski definition) is 1. The Balaban J connectivity index is 2.07. The number of aryl methyl sites for hydroxylation is 3. The van der Waals surface area contributed by atoms with Crippen molar-refractivity contribution in [3.8, 4) is 0 Å². The van der Waals surface area contributed by atoms with Crippen LogP contribution < -0.4 is 5.32 Å². The van der Waals surface area contributed by atoms with E-state index < -0.39 is 0 Å². The van der Waals surface area contributed by atoms with Gasteiger partial charge in [-0.2, -0.15) is 0 Å². The molecule has 1 N–H and O–H groups in total. The molecule has 0 spiro atoms. The number of rotatable bonds is 5. The zero-order chi connectivity index (χ0) is 14.9. The highest BCUT2D eigenvalue weighted by Crippen LogP contribution is 2.25. The molecule has 2 aromatic rings. The molecule has 0 saturated heterocycles. The minimum atomic E-state index is 0.353. The molecule has 0 fully saturated rings. The van der Waals surface area contributed by atoms with Crippen LogP contribution in [0.5, 0.6) is 0 Å². The summed E-state index contributed by atoms with van der Waals surface area (Å²) >= 11 is 1.80. The van der Waals surface area contributed by atoms with E-state index in [4.69, 9.17) is 0 Å². The number of thiazole rings is 1. The standard InChI is InChI=1S/C16H25N3S/c1-7-19-10(2)8-15(13(19)5)9-17-11(3)16-12(4)18-14(6)20-16/h8,11,17H,7,9H2,1-6H3. The molecule has 0 aliphatic heterocycles. The predicted octanol–water partition coefficient (Wildman–Crippen LogP) is 4.05. The zero-order valence-electron chi connectivity index (χ0n) is 13.4. The van der Waals surface area contributed by atoms with Gasteiger partial charge in [0.05, 0.1) is 10.7 Å². The Morgan fingerprint density at radius 3 is 2.50 bits per heavy atom. The molecule has 0 saturated carbocycles. The molecule has 3 nitrogen and oxygen atoms in total. The van der Waals surface area contributed by atoms with Gasteiger partial charge in [-0.05, 0) is 53.2 Å². The summed E-state index contributed by atoms with van der Waals surface area (Å²) in [6, 6.07) is 2.65. The van der Waals surface area contributed by atoms with Crippen LogP contribution in [0.4, 0.5) is 0 Å². The number of hydrogen-bond acceptors (Lipinski definition) is 3. The summed E-state index contributed by atoms with van der Waals surface area (Å²) < 4.78 is 2.36. The lowest BCUT2D eigenvalue weighted by Gasteiger charge is -2.13. The number of nitrogens with one attached hydrogen (secondary N) is 1. The Morgan fingerprint density at radius 1 is 1.30 bits per heavy atom.